The lowest BCUT2D eigenvalue weighted by Gasteiger charge is -2.08. The van der Waals surface area contributed by atoms with Crippen LogP contribution in [0.3, 0.4) is 0 Å². The standard InChI is InChI=1S/C9H15BN2O2/c11-5-6-12-7-8-3-1-2-4-9(8)10(13)14/h1-4,12-14H,5-7,11H2. The van der Waals surface area contributed by atoms with E-state index in [1.165, 1.54) is 0 Å². The molecular formula is C9H15BN2O2. The normalized spacial score (nSPS) is 10.2. The van der Waals surface area contributed by atoms with Crippen molar-refractivity contribution in [1.82, 2.24) is 5.32 Å². The van der Waals surface area contributed by atoms with E-state index in [4.69, 9.17) is 15.8 Å². The SMILES string of the molecule is NCCNCc1ccccc1B(O)O. The molecule has 5 N–H and O–H groups in total. The fourth-order valence-electron chi connectivity index (χ4n) is 1.27. The highest BCUT2D eigenvalue weighted by Crippen LogP contribution is 1.96. The molecule has 0 aliphatic carbocycles. The minimum absolute atomic E-state index is 0.539. The van der Waals surface area contributed by atoms with Crippen LogP contribution >= 0.6 is 0 Å². The highest BCUT2D eigenvalue weighted by Gasteiger charge is 2.14. The zero-order valence-corrected chi connectivity index (χ0v) is 7.98. The first-order valence-electron chi connectivity index (χ1n) is 4.60. The summed E-state index contributed by atoms with van der Waals surface area (Å²) in [7, 11) is -1.41. The summed E-state index contributed by atoms with van der Waals surface area (Å²) in [5, 5.41) is 21.2. The Balaban J connectivity index is 2.64. The smallest absolute Gasteiger partial charge is 0.423 e. The van der Waals surface area contributed by atoms with Gasteiger partial charge < -0.3 is 21.1 Å². The molecular weight excluding hydrogens is 179 g/mol. The maximum Gasteiger partial charge on any atom is 0.488 e. The van der Waals surface area contributed by atoms with Crippen LogP contribution in [0.15, 0.2) is 24.3 Å². The summed E-state index contributed by atoms with van der Waals surface area (Å²) in [5.74, 6) is 0. The van der Waals surface area contributed by atoms with Crippen LogP contribution in [-0.4, -0.2) is 30.3 Å². The number of nitrogens with one attached hydrogen (secondary N) is 1. The molecule has 0 atom stereocenters. The van der Waals surface area contributed by atoms with Gasteiger partial charge in [-0.1, -0.05) is 24.3 Å². The molecule has 0 aliphatic rings. The van der Waals surface area contributed by atoms with Crippen LogP contribution in [0.2, 0.25) is 0 Å². The van der Waals surface area contributed by atoms with Gasteiger partial charge in [0, 0.05) is 19.6 Å². The largest absolute Gasteiger partial charge is 0.488 e. The Kier molecular flexibility index (Phi) is 4.62. The van der Waals surface area contributed by atoms with Gasteiger partial charge >= 0.3 is 7.12 Å². The Hall–Kier alpha value is -0.875. The van der Waals surface area contributed by atoms with E-state index in [1.807, 2.05) is 12.1 Å². The third-order valence-corrected chi connectivity index (χ3v) is 1.97. The predicted molar refractivity (Wildman–Crippen MR) is 57.0 cm³/mol. The first kappa shape index (κ1) is 11.2. The van der Waals surface area contributed by atoms with Crippen molar-refractivity contribution in [2.45, 2.75) is 6.54 Å². The molecule has 0 radical (unpaired) electrons. The minimum Gasteiger partial charge on any atom is -0.423 e. The Morgan fingerprint density at radius 1 is 1.29 bits per heavy atom. The summed E-state index contributed by atoms with van der Waals surface area (Å²) < 4.78 is 0. The van der Waals surface area contributed by atoms with E-state index in [9.17, 15) is 0 Å². The molecule has 0 unspecified atom stereocenters. The van der Waals surface area contributed by atoms with E-state index in [2.05, 4.69) is 5.32 Å². The molecule has 0 spiro atoms. The van der Waals surface area contributed by atoms with Crippen molar-refractivity contribution in [2.75, 3.05) is 13.1 Å². The second-order valence-corrected chi connectivity index (χ2v) is 3.04. The second kappa shape index (κ2) is 5.77. The predicted octanol–water partition coefficient (Wildman–Crippen LogP) is -1.59. The monoisotopic (exact) mass is 194 g/mol. The van der Waals surface area contributed by atoms with Crippen molar-refractivity contribution >= 4 is 12.6 Å². The highest BCUT2D eigenvalue weighted by molar-refractivity contribution is 6.59. The molecule has 0 saturated carbocycles. The summed E-state index contributed by atoms with van der Waals surface area (Å²) in [6.07, 6.45) is 0. The van der Waals surface area contributed by atoms with E-state index in [0.717, 1.165) is 12.1 Å². The van der Waals surface area contributed by atoms with Gasteiger partial charge in [-0.05, 0) is 11.0 Å². The van der Waals surface area contributed by atoms with Gasteiger partial charge in [-0.2, -0.15) is 0 Å². The Morgan fingerprint density at radius 2 is 2.00 bits per heavy atom. The number of nitrogens with two attached hydrogens (primary N) is 1. The van der Waals surface area contributed by atoms with E-state index < -0.39 is 7.12 Å². The molecule has 0 aliphatic heterocycles. The van der Waals surface area contributed by atoms with Crippen LogP contribution in [-0.2, 0) is 6.54 Å². The second-order valence-electron chi connectivity index (χ2n) is 3.04. The van der Waals surface area contributed by atoms with Crippen molar-refractivity contribution in [1.29, 1.82) is 0 Å². The molecule has 0 aromatic heterocycles. The fourth-order valence-corrected chi connectivity index (χ4v) is 1.27. The van der Waals surface area contributed by atoms with Gasteiger partial charge in [-0.25, -0.2) is 0 Å². The molecule has 14 heavy (non-hydrogen) atoms. The van der Waals surface area contributed by atoms with E-state index in [1.54, 1.807) is 12.1 Å². The number of hydrogen-bond donors (Lipinski definition) is 4. The van der Waals surface area contributed by atoms with Crippen LogP contribution in [0.4, 0.5) is 0 Å². The van der Waals surface area contributed by atoms with Gasteiger partial charge in [0.05, 0.1) is 0 Å². The van der Waals surface area contributed by atoms with Gasteiger partial charge in [-0.15, -0.1) is 0 Å². The molecule has 0 amide bonds. The molecule has 1 aromatic carbocycles. The Morgan fingerprint density at radius 3 is 2.64 bits per heavy atom. The third-order valence-electron chi connectivity index (χ3n) is 1.97. The van der Waals surface area contributed by atoms with E-state index in [-0.39, 0.29) is 0 Å². The number of benzene rings is 1. The molecule has 76 valence electrons. The Bertz CT molecular complexity index is 281. The molecule has 0 fully saturated rings. The maximum absolute atomic E-state index is 9.06. The number of hydrogen-bond acceptors (Lipinski definition) is 4. The molecule has 0 heterocycles. The molecule has 0 saturated heterocycles. The highest BCUT2D eigenvalue weighted by atomic mass is 16.4. The minimum atomic E-state index is -1.41. The van der Waals surface area contributed by atoms with Crippen LogP contribution < -0.4 is 16.5 Å². The topological polar surface area (TPSA) is 78.5 Å². The molecule has 5 heteroatoms. The molecule has 4 nitrogen and oxygen atoms in total. The van der Waals surface area contributed by atoms with Gasteiger partial charge in [0.15, 0.2) is 0 Å². The molecule has 1 rings (SSSR count). The van der Waals surface area contributed by atoms with E-state index >= 15 is 0 Å². The average molecular weight is 194 g/mol. The zero-order valence-electron chi connectivity index (χ0n) is 7.98. The zero-order chi connectivity index (χ0) is 10.4. The lowest BCUT2D eigenvalue weighted by Crippen LogP contribution is -2.35. The summed E-state index contributed by atoms with van der Waals surface area (Å²) in [6.45, 7) is 1.89. The van der Waals surface area contributed by atoms with Gasteiger partial charge in [0.2, 0.25) is 0 Å². The first-order valence-corrected chi connectivity index (χ1v) is 4.60. The van der Waals surface area contributed by atoms with Gasteiger partial charge in [-0.3, -0.25) is 0 Å². The van der Waals surface area contributed by atoms with Crippen LogP contribution in [0, 0.1) is 0 Å². The lowest BCUT2D eigenvalue weighted by atomic mass is 9.77. The van der Waals surface area contributed by atoms with Crippen LogP contribution in [0.5, 0.6) is 0 Å². The molecule has 1 aromatic rings. The lowest BCUT2D eigenvalue weighted by molar-refractivity contribution is 0.425. The first-order chi connectivity index (χ1) is 6.75. The van der Waals surface area contributed by atoms with Crippen molar-refractivity contribution in [2.24, 2.45) is 5.73 Å². The third kappa shape index (κ3) is 3.12. The van der Waals surface area contributed by atoms with Crippen molar-refractivity contribution < 1.29 is 10.0 Å². The maximum atomic E-state index is 9.06. The summed E-state index contributed by atoms with van der Waals surface area (Å²) in [6, 6.07) is 7.20. The van der Waals surface area contributed by atoms with Crippen LogP contribution in [0.1, 0.15) is 5.56 Å². The van der Waals surface area contributed by atoms with Crippen molar-refractivity contribution in [3.05, 3.63) is 29.8 Å². The van der Waals surface area contributed by atoms with E-state index in [0.29, 0.717) is 18.6 Å². The summed E-state index contributed by atoms with van der Waals surface area (Å²) in [4.78, 5) is 0. The summed E-state index contributed by atoms with van der Waals surface area (Å²) >= 11 is 0. The van der Waals surface area contributed by atoms with Gasteiger partial charge in [0.1, 0.15) is 0 Å². The fraction of sp³-hybridized carbons (Fsp3) is 0.333. The van der Waals surface area contributed by atoms with Gasteiger partial charge in [0.25, 0.3) is 0 Å². The quantitative estimate of drug-likeness (QED) is 0.337. The molecule has 0 bridgehead atoms. The summed E-state index contributed by atoms with van der Waals surface area (Å²) in [5.41, 5.74) is 6.75. The van der Waals surface area contributed by atoms with Crippen LogP contribution in [0.25, 0.3) is 0 Å². The average Bonchev–Trinajstić information content (AvgIpc) is 2.19. The Labute approximate surface area is 83.9 Å². The van der Waals surface area contributed by atoms with Crippen molar-refractivity contribution in [3.8, 4) is 0 Å². The van der Waals surface area contributed by atoms with Crippen molar-refractivity contribution in [3.63, 3.8) is 0 Å². The number of rotatable bonds is 5.